The molecule has 152 valence electrons. The first-order valence-corrected chi connectivity index (χ1v) is 9.77. The lowest BCUT2D eigenvalue weighted by atomic mass is 10.0. The van der Waals surface area contributed by atoms with E-state index in [2.05, 4.69) is 0 Å². The molecule has 0 fully saturated rings. The molecule has 30 heavy (non-hydrogen) atoms. The maximum atomic E-state index is 12.4. The Morgan fingerprint density at radius 1 is 0.733 bits per heavy atom. The Kier molecular flexibility index (Phi) is 7.11. The summed E-state index contributed by atoms with van der Waals surface area (Å²) in [5.41, 5.74) is 2.36. The third kappa shape index (κ3) is 5.41. The first-order valence-electron chi connectivity index (χ1n) is 9.77. The summed E-state index contributed by atoms with van der Waals surface area (Å²) in [4.78, 5) is 38.8. The van der Waals surface area contributed by atoms with Crippen molar-refractivity contribution in [3.05, 3.63) is 107 Å². The summed E-state index contributed by atoms with van der Waals surface area (Å²) in [7, 11) is 0. The Bertz CT molecular complexity index is 998. The molecule has 1 amide bonds. The number of hydrogen-bond acceptors (Lipinski definition) is 4. The first-order chi connectivity index (χ1) is 14.6. The molecule has 0 aliphatic rings. The van der Waals surface area contributed by atoms with Gasteiger partial charge in [-0.25, -0.2) is 4.79 Å². The molecule has 5 nitrogen and oxygen atoms in total. The van der Waals surface area contributed by atoms with Crippen LogP contribution in [0.3, 0.4) is 0 Å². The van der Waals surface area contributed by atoms with Crippen LogP contribution in [-0.2, 0) is 16.1 Å². The van der Waals surface area contributed by atoms with Crippen LogP contribution < -0.4 is 0 Å². The van der Waals surface area contributed by atoms with Gasteiger partial charge in [-0.2, -0.15) is 0 Å². The molecule has 0 unspecified atom stereocenters. The van der Waals surface area contributed by atoms with Crippen molar-refractivity contribution in [3.8, 4) is 0 Å². The van der Waals surface area contributed by atoms with E-state index in [4.69, 9.17) is 4.74 Å². The van der Waals surface area contributed by atoms with Gasteiger partial charge in [0.25, 0.3) is 5.91 Å². The minimum Gasteiger partial charge on any atom is -0.452 e. The zero-order chi connectivity index (χ0) is 21.3. The van der Waals surface area contributed by atoms with Crippen molar-refractivity contribution >= 4 is 17.7 Å². The largest absolute Gasteiger partial charge is 0.452 e. The van der Waals surface area contributed by atoms with Gasteiger partial charge in [0.1, 0.15) is 0 Å². The molecular weight excluding hydrogens is 378 g/mol. The Morgan fingerprint density at radius 3 is 1.87 bits per heavy atom. The van der Waals surface area contributed by atoms with E-state index in [1.54, 1.807) is 41.3 Å². The lowest BCUT2D eigenvalue weighted by Gasteiger charge is -2.20. The molecule has 0 heterocycles. The number of benzene rings is 3. The fourth-order valence-corrected chi connectivity index (χ4v) is 3.00. The average molecular weight is 401 g/mol. The third-order valence-corrected chi connectivity index (χ3v) is 4.70. The molecule has 0 aliphatic heterocycles. The fraction of sp³-hybridized carbons (Fsp3) is 0.160. The number of nitrogens with zero attached hydrogens (tertiary/aromatic N) is 1. The van der Waals surface area contributed by atoms with E-state index >= 15 is 0 Å². The van der Waals surface area contributed by atoms with Crippen LogP contribution in [-0.4, -0.2) is 35.7 Å². The number of rotatable bonds is 8. The Morgan fingerprint density at radius 2 is 1.27 bits per heavy atom. The standard InChI is InChI=1S/C25H23NO4/c1-2-26(17-19-9-5-3-6-10-19)23(27)18-30-25(29)22-15-13-21(14-16-22)24(28)20-11-7-4-8-12-20/h3-16H,2,17-18H2,1H3. The molecule has 3 aromatic rings. The number of ketones is 1. The van der Waals surface area contributed by atoms with Gasteiger partial charge in [0, 0.05) is 24.2 Å². The second-order valence-electron chi connectivity index (χ2n) is 6.74. The predicted molar refractivity (Wildman–Crippen MR) is 114 cm³/mol. The van der Waals surface area contributed by atoms with Gasteiger partial charge in [-0.1, -0.05) is 72.8 Å². The van der Waals surface area contributed by atoms with E-state index in [0.717, 1.165) is 5.56 Å². The highest BCUT2D eigenvalue weighted by Gasteiger charge is 2.16. The topological polar surface area (TPSA) is 63.7 Å². The maximum Gasteiger partial charge on any atom is 0.338 e. The van der Waals surface area contributed by atoms with Crippen LogP contribution in [0.4, 0.5) is 0 Å². The van der Waals surface area contributed by atoms with Crippen molar-refractivity contribution in [1.82, 2.24) is 4.90 Å². The van der Waals surface area contributed by atoms with E-state index in [-0.39, 0.29) is 18.3 Å². The second kappa shape index (κ2) is 10.2. The molecule has 0 N–H and O–H groups in total. The van der Waals surface area contributed by atoms with Crippen LogP contribution in [0.2, 0.25) is 0 Å². The number of ether oxygens (including phenoxy) is 1. The van der Waals surface area contributed by atoms with Gasteiger partial charge in [-0.05, 0) is 24.6 Å². The van der Waals surface area contributed by atoms with Crippen molar-refractivity contribution in [2.45, 2.75) is 13.5 Å². The molecular formula is C25H23NO4. The Hall–Kier alpha value is -3.73. The predicted octanol–water partition coefficient (Wildman–Crippen LogP) is 4.12. The highest BCUT2D eigenvalue weighted by molar-refractivity contribution is 6.09. The first kappa shape index (κ1) is 21.0. The zero-order valence-electron chi connectivity index (χ0n) is 16.8. The lowest BCUT2D eigenvalue weighted by Crippen LogP contribution is -2.34. The quantitative estimate of drug-likeness (QED) is 0.421. The molecule has 0 saturated heterocycles. The van der Waals surface area contributed by atoms with Crippen LogP contribution in [0, 0.1) is 0 Å². The second-order valence-corrected chi connectivity index (χ2v) is 6.74. The summed E-state index contributed by atoms with van der Waals surface area (Å²) in [5.74, 6) is -0.978. The molecule has 0 spiro atoms. The number of hydrogen-bond donors (Lipinski definition) is 0. The van der Waals surface area contributed by atoms with Gasteiger partial charge in [-0.15, -0.1) is 0 Å². The van der Waals surface area contributed by atoms with E-state index in [1.165, 1.54) is 12.1 Å². The SMILES string of the molecule is CCN(Cc1ccccc1)C(=O)COC(=O)c1ccc(C(=O)c2ccccc2)cc1. The molecule has 0 radical (unpaired) electrons. The fourth-order valence-electron chi connectivity index (χ4n) is 3.00. The molecule has 0 aliphatic carbocycles. The molecule has 5 heteroatoms. The van der Waals surface area contributed by atoms with Crippen LogP contribution in [0.15, 0.2) is 84.9 Å². The van der Waals surface area contributed by atoms with Gasteiger partial charge < -0.3 is 9.64 Å². The number of amides is 1. The van der Waals surface area contributed by atoms with Crippen LogP contribution in [0.25, 0.3) is 0 Å². The molecule has 3 rings (SSSR count). The van der Waals surface area contributed by atoms with Crippen LogP contribution >= 0.6 is 0 Å². The molecule has 0 atom stereocenters. The number of likely N-dealkylation sites (N-methyl/N-ethyl adjacent to an activating group) is 1. The van der Waals surface area contributed by atoms with Crippen LogP contribution in [0.1, 0.15) is 38.8 Å². The molecule has 0 bridgehead atoms. The van der Waals surface area contributed by atoms with E-state index < -0.39 is 5.97 Å². The molecule has 0 saturated carbocycles. The smallest absolute Gasteiger partial charge is 0.338 e. The molecule has 3 aromatic carbocycles. The summed E-state index contributed by atoms with van der Waals surface area (Å²) in [5, 5.41) is 0. The Labute approximate surface area is 175 Å². The number of esters is 1. The normalized spacial score (nSPS) is 10.3. The van der Waals surface area contributed by atoms with Gasteiger partial charge in [-0.3, -0.25) is 9.59 Å². The highest BCUT2D eigenvalue weighted by atomic mass is 16.5. The summed E-state index contributed by atoms with van der Waals surface area (Å²) in [6, 6.07) is 24.8. The highest BCUT2D eigenvalue weighted by Crippen LogP contribution is 2.12. The van der Waals surface area contributed by atoms with Crippen molar-refractivity contribution in [2.75, 3.05) is 13.2 Å². The van der Waals surface area contributed by atoms with Gasteiger partial charge in [0.2, 0.25) is 0 Å². The average Bonchev–Trinajstić information content (AvgIpc) is 2.81. The maximum absolute atomic E-state index is 12.4. The van der Waals surface area contributed by atoms with Crippen LogP contribution in [0.5, 0.6) is 0 Å². The Balaban J connectivity index is 1.56. The number of carbonyl (C=O) groups is 3. The van der Waals surface area contributed by atoms with E-state index in [0.29, 0.717) is 29.8 Å². The van der Waals surface area contributed by atoms with Gasteiger partial charge in [0.15, 0.2) is 12.4 Å². The summed E-state index contributed by atoms with van der Waals surface area (Å²) >= 11 is 0. The third-order valence-electron chi connectivity index (χ3n) is 4.70. The monoisotopic (exact) mass is 401 g/mol. The van der Waals surface area contributed by atoms with E-state index in [1.807, 2.05) is 43.3 Å². The summed E-state index contributed by atoms with van der Waals surface area (Å²) in [6.45, 7) is 2.53. The van der Waals surface area contributed by atoms with Crippen molar-refractivity contribution in [2.24, 2.45) is 0 Å². The zero-order valence-corrected chi connectivity index (χ0v) is 16.8. The van der Waals surface area contributed by atoms with Crippen molar-refractivity contribution < 1.29 is 19.1 Å². The van der Waals surface area contributed by atoms with Crippen molar-refractivity contribution in [1.29, 1.82) is 0 Å². The molecule has 0 aromatic heterocycles. The minimum atomic E-state index is -0.599. The lowest BCUT2D eigenvalue weighted by molar-refractivity contribution is -0.134. The minimum absolute atomic E-state index is 0.120. The van der Waals surface area contributed by atoms with Gasteiger partial charge >= 0.3 is 5.97 Å². The summed E-state index contributed by atoms with van der Waals surface area (Å²) < 4.78 is 5.18. The van der Waals surface area contributed by atoms with E-state index in [9.17, 15) is 14.4 Å². The van der Waals surface area contributed by atoms with Gasteiger partial charge in [0.05, 0.1) is 5.56 Å². The number of carbonyl (C=O) groups excluding carboxylic acids is 3. The van der Waals surface area contributed by atoms with Crippen molar-refractivity contribution in [3.63, 3.8) is 0 Å². The summed E-state index contributed by atoms with van der Waals surface area (Å²) in [6.07, 6.45) is 0.